The number of carbonyl (C=O) groups excluding carboxylic acids is 1. The molecule has 0 radical (unpaired) electrons. The number of imidazole rings is 1. The number of aromatic nitrogens is 2. The number of benzene rings is 2. The standard InChI is InChI=1S/C20H17F2N3O3/c1-27-12-4-6-16(17(8-12)28-2)25-10-23-19-14(9-18(26)24-20(19)25)13-5-3-11(21)7-15(13)22/h3-8,10,14H,9H2,1-2H3,(H,24,26)/t14-/m1/s1. The first-order valence-electron chi connectivity index (χ1n) is 8.56. The fourth-order valence-corrected chi connectivity index (χ4v) is 3.41. The van der Waals surface area contributed by atoms with Crippen molar-refractivity contribution in [2.45, 2.75) is 12.3 Å². The van der Waals surface area contributed by atoms with Gasteiger partial charge in [0.05, 0.1) is 25.6 Å². The highest BCUT2D eigenvalue weighted by atomic mass is 19.1. The van der Waals surface area contributed by atoms with Crippen LogP contribution in [0.25, 0.3) is 5.69 Å². The number of nitrogens with zero attached hydrogens (tertiary/aromatic N) is 2. The Morgan fingerprint density at radius 3 is 2.68 bits per heavy atom. The van der Waals surface area contributed by atoms with Crippen LogP contribution < -0.4 is 14.8 Å². The molecule has 0 saturated heterocycles. The van der Waals surface area contributed by atoms with Crippen LogP contribution in [0.3, 0.4) is 0 Å². The van der Waals surface area contributed by atoms with E-state index < -0.39 is 17.6 Å². The fourth-order valence-electron chi connectivity index (χ4n) is 3.41. The first-order chi connectivity index (χ1) is 13.5. The van der Waals surface area contributed by atoms with E-state index in [2.05, 4.69) is 10.3 Å². The SMILES string of the molecule is COc1ccc(-n2cnc3c2NC(=O)C[C@@H]3c2ccc(F)cc2F)c(OC)c1. The molecule has 1 N–H and O–H groups in total. The van der Waals surface area contributed by atoms with Crippen molar-refractivity contribution < 1.29 is 23.0 Å². The van der Waals surface area contributed by atoms with E-state index in [1.165, 1.54) is 25.6 Å². The summed E-state index contributed by atoms with van der Waals surface area (Å²) in [7, 11) is 3.08. The summed E-state index contributed by atoms with van der Waals surface area (Å²) in [6.45, 7) is 0. The molecule has 3 aromatic rings. The quantitative estimate of drug-likeness (QED) is 0.745. The summed E-state index contributed by atoms with van der Waals surface area (Å²) in [5.74, 6) is -0.718. The van der Waals surface area contributed by atoms with Gasteiger partial charge in [0.25, 0.3) is 0 Å². The molecule has 4 rings (SSSR count). The number of methoxy groups -OCH3 is 2. The summed E-state index contributed by atoms with van der Waals surface area (Å²) in [5, 5.41) is 2.80. The van der Waals surface area contributed by atoms with Gasteiger partial charge in [0.15, 0.2) is 0 Å². The minimum Gasteiger partial charge on any atom is -0.497 e. The number of rotatable bonds is 4. The Balaban J connectivity index is 1.84. The van der Waals surface area contributed by atoms with E-state index in [0.717, 1.165) is 6.07 Å². The lowest BCUT2D eigenvalue weighted by Crippen LogP contribution is -2.25. The maximum atomic E-state index is 14.3. The Labute approximate surface area is 159 Å². The summed E-state index contributed by atoms with van der Waals surface area (Å²) in [6.07, 6.45) is 1.56. The Morgan fingerprint density at radius 1 is 1.14 bits per heavy atom. The largest absolute Gasteiger partial charge is 0.497 e. The molecule has 144 valence electrons. The molecule has 0 unspecified atom stereocenters. The van der Waals surface area contributed by atoms with Crippen molar-refractivity contribution in [1.82, 2.24) is 9.55 Å². The van der Waals surface area contributed by atoms with Gasteiger partial charge in [-0.2, -0.15) is 0 Å². The number of anilines is 1. The van der Waals surface area contributed by atoms with Gasteiger partial charge in [0.2, 0.25) is 5.91 Å². The van der Waals surface area contributed by atoms with Crippen molar-refractivity contribution in [2.75, 3.05) is 19.5 Å². The van der Waals surface area contributed by atoms with Gasteiger partial charge in [-0.15, -0.1) is 0 Å². The first-order valence-corrected chi connectivity index (χ1v) is 8.56. The molecular weight excluding hydrogens is 368 g/mol. The molecule has 0 fully saturated rings. The van der Waals surface area contributed by atoms with E-state index in [4.69, 9.17) is 9.47 Å². The van der Waals surface area contributed by atoms with Crippen molar-refractivity contribution in [1.29, 1.82) is 0 Å². The average molecular weight is 385 g/mol. The van der Waals surface area contributed by atoms with E-state index in [1.54, 1.807) is 29.9 Å². The van der Waals surface area contributed by atoms with Gasteiger partial charge in [0.1, 0.15) is 35.3 Å². The Hall–Kier alpha value is -3.42. The number of nitrogens with one attached hydrogen (secondary N) is 1. The molecule has 6 nitrogen and oxygen atoms in total. The lowest BCUT2D eigenvalue weighted by molar-refractivity contribution is -0.116. The smallest absolute Gasteiger partial charge is 0.226 e. The molecule has 2 aromatic carbocycles. The predicted octanol–water partition coefficient (Wildman–Crippen LogP) is 3.64. The van der Waals surface area contributed by atoms with Gasteiger partial charge in [-0.3, -0.25) is 9.36 Å². The highest BCUT2D eigenvalue weighted by molar-refractivity contribution is 5.94. The van der Waals surface area contributed by atoms with E-state index in [1.807, 2.05) is 0 Å². The molecule has 1 aliphatic heterocycles. The lowest BCUT2D eigenvalue weighted by atomic mass is 9.89. The van der Waals surface area contributed by atoms with Crippen molar-refractivity contribution in [3.8, 4) is 17.2 Å². The number of amides is 1. The Morgan fingerprint density at radius 2 is 1.96 bits per heavy atom. The fraction of sp³-hybridized carbons (Fsp3) is 0.200. The topological polar surface area (TPSA) is 65.4 Å². The van der Waals surface area contributed by atoms with Crippen LogP contribution in [0.5, 0.6) is 11.5 Å². The van der Waals surface area contributed by atoms with Crippen LogP contribution in [0.15, 0.2) is 42.7 Å². The van der Waals surface area contributed by atoms with Crippen LogP contribution in [0.4, 0.5) is 14.6 Å². The van der Waals surface area contributed by atoms with Crippen molar-refractivity contribution in [3.63, 3.8) is 0 Å². The van der Waals surface area contributed by atoms with E-state index in [9.17, 15) is 13.6 Å². The molecule has 0 spiro atoms. The summed E-state index contributed by atoms with van der Waals surface area (Å²) >= 11 is 0. The minimum atomic E-state index is -0.706. The monoisotopic (exact) mass is 385 g/mol. The number of halogens is 2. The third-order valence-electron chi connectivity index (χ3n) is 4.76. The van der Waals surface area contributed by atoms with Gasteiger partial charge in [-0.25, -0.2) is 13.8 Å². The van der Waals surface area contributed by atoms with Crippen LogP contribution in [-0.2, 0) is 4.79 Å². The van der Waals surface area contributed by atoms with Crippen LogP contribution >= 0.6 is 0 Å². The first kappa shape index (κ1) is 18.0. The molecule has 1 atom stereocenters. The molecule has 0 aliphatic carbocycles. The summed E-state index contributed by atoms with van der Waals surface area (Å²) in [6, 6.07) is 8.58. The highest BCUT2D eigenvalue weighted by Gasteiger charge is 2.33. The second-order valence-electron chi connectivity index (χ2n) is 6.36. The average Bonchev–Trinajstić information content (AvgIpc) is 3.10. The van der Waals surface area contributed by atoms with Crippen molar-refractivity contribution in [2.24, 2.45) is 0 Å². The zero-order chi connectivity index (χ0) is 19.8. The number of ether oxygens (including phenoxy) is 2. The Bertz CT molecular complexity index is 1060. The summed E-state index contributed by atoms with van der Waals surface area (Å²) in [4.78, 5) is 16.7. The third-order valence-corrected chi connectivity index (χ3v) is 4.76. The molecule has 8 heteroatoms. The van der Waals surface area contributed by atoms with E-state index in [-0.39, 0.29) is 17.9 Å². The summed E-state index contributed by atoms with van der Waals surface area (Å²) < 4.78 is 39.9. The van der Waals surface area contributed by atoms with Crippen LogP contribution in [-0.4, -0.2) is 29.7 Å². The Kier molecular flexibility index (Phi) is 4.46. The highest BCUT2D eigenvalue weighted by Crippen LogP contribution is 2.40. The number of fused-ring (bicyclic) bond motifs is 1. The van der Waals surface area contributed by atoms with Gasteiger partial charge in [-0.05, 0) is 23.8 Å². The zero-order valence-electron chi connectivity index (χ0n) is 15.2. The van der Waals surface area contributed by atoms with Crippen LogP contribution in [0.1, 0.15) is 23.6 Å². The molecule has 1 aliphatic rings. The van der Waals surface area contributed by atoms with Gasteiger partial charge >= 0.3 is 0 Å². The molecular formula is C20H17F2N3O3. The van der Waals surface area contributed by atoms with E-state index in [0.29, 0.717) is 28.7 Å². The van der Waals surface area contributed by atoms with Crippen molar-refractivity contribution in [3.05, 3.63) is 65.6 Å². The molecule has 0 bridgehead atoms. The maximum Gasteiger partial charge on any atom is 0.226 e. The van der Waals surface area contributed by atoms with Gasteiger partial charge < -0.3 is 14.8 Å². The molecule has 28 heavy (non-hydrogen) atoms. The van der Waals surface area contributed by atoms with Crippen LogP contribution in [0, 0.1) is 11.6 Å². The van der Waals surface area contributed by atoms with Crippen LogP contribution in [0.2, 0.25) is 0 Å². The second-order valence-corrected chi connectivity index (χ2v) is 6.36. The van der Waals surface area contributed by atoms with Gasteiger partial charge in [-0.1, -0.05) is 6.07 Å². The minimum absolute atomic E-state index is 0.0202. The second kappa shape index (κ2) is 6.95. The van der Waals surface area contributed by atoms with Crippen molar-refractivity contribution >= 4 is 11.7 Å². The molecule has 0 saturated carbocycles. The van der Waals surface area contributed by atoms with E-state index >= 15 is 0 Å². The number of carbonyl (C=O) groups is 1. The lowest BCUT2D eigenvalue weighted by Gasteiger charge is -2.24. The zero-order valence-corrected chi connectivity index (χ0v) is 15.2. The summed E-state index contributed by atoms with van der Waals surface area (Å²) in [5.41, 5.74) is 1.37. The molecule has 1 aromatic heterocycles. The number of hydrogen-bond acceptors (Lipinski definition) is 4. The normalized spacial score (nSPS) is 15.7. The molecule has 2 heterocycles. The number of hydrogen-bond donors (Lipinski definition) is 1. The molecule has 1 amide bonds. The van der Waals surface area contributed by atoms with Gasteiger partial charge in [0, 0.05) is 24.5 Å². The maximum absolute atomic E-state index is 14.3. The third kappa shape index (κ3) is 2.96. The predicted molar refractivity (Wildman–Crippen MR) is 98.1 cm³/mol.